The number of carbonyl (C=O) groups excluding carboxylic acids is 2. The number of nitrogens with one attached hydrogen (secondary N) is 2. The molecule has 8 nitrogen and oxygen atoms in total. The molecule has 0 atom stereocenters. The molecule has 0 aliphatic carbocycles. The van der Waals surface area contributed by atoms with Gasteiger partial charge < -0.3 is 5.32 Å². The van der Waals surface area contributed by atoms with E-state index in [-0.39, 0.29) is 11.4 Å². The van der Waals surface area contributed by atoms with E-state index in [1.54, 1.807) is 30.3 Å². The number of carbonyl (C=O) groups is 2. The molecule has 0 spiro atoms. The SMILES string of the molecule is O=C(NN=Cc1ccc(F)cc1)C(=Cc1ccc([N+](=O)[O-])cc1)NC(=O)c1ccccc1. The Morgan fingerprint density at radius 1 is 0.906 bits per heavy atom. The van der Waals surface area contributed by atoms with Gasteiger partial charge in [-0.3, -0.25) is 19.7 Å². The maximum absolute atomic E-state index is 13.0. The van der Waals surface area contributed by atoms with Crippen molar-refractivity contribution in [2.45, 2.75) is 0 Å². The molecule has 32 heavy (non-hydrogen) atoms. The number of benzene rings is 3. The zero-order valence-corrected chi connectivity index (χ0v) is 16.6. The van der Waals surface area contributed by atoms with Crippen LogP contribution >= 0.6 is 0 Å². The quantitative estimate of drug-likeness (QED) is 0.257. The second kappa shape index (κ2) is 10.4. The van der Waals surface area contributed by atoms with Crippen LogP contribution in [0.3, 0.4) is 0 Å². The maximum atomic E-state index is 13.0. The van der Waals surface area contributed by atoms with Crippen LogP contribution in [0.1, 0.15) is 21.5 Å². The van der Waals surface area contributed by atoms with Gasteiger partial charge in [0.1, 0.15) is 11.5 Å². The van der Waals surface area contributed by atoms with Crippen LogP contribution in [0.25, 0.3) is 6.08 Å². The summed E-state index contributed by atoms with van der Waals surface area (Å²) in [6, 6.07) is 19.2. The third-order valence-electron chi connectivity index (χ3n) is 4.19. The van der Waals surface area contributed by atoms with E-state index in [9.17, 15) is 24.1 Å². The van der Waals surface area contributed by atoms with Gasteiger partial charge in [0.15, 0.2) is 0 Å². The van der Waals surface area contributed by atoms with Gasteiger partial charge in [-0.05, 0) is 53.6 Å². The van der Waals surface area contributed by atoms with Crippen molar-refractivity contribution in [2.24, 2.45) is 5.10 Å². The van der Waals surface area contributed by atoms with Crippen molar-refractivity contribution in [3.63, 3.8) is 0 Å². The van der Waals surface area contributed by atoms with E-state index in [1.165, 1.54) is 60.8 Å². The minimum atomic E-state index is -0.717. The number of amides is 2. The summed E-state index contributed by atoms with van der Waals surface area (Å²) in [4.78, 5) is 35.5. The number of hydrazone groups is 1. The number of non-ortho nitro benzene ring substituents is 1. The lowest BCUT2D eigenvalue weighted by Gasteiger charge is -2.09. The number of nitro groups is 1. The van der Waals surface area contributed by atoms with E-state index in [0.29, 0.717) is 16.7 Å². The van der Waals surface area contributed by atoms with Gasteiger partial charge in [-0.15, -0.1) is 0 Å². The molecule has 0 radical (unpaired) electrons. The van der Waals surface area contributed by atoms with Crippen molar-refractivity contribution in [1.29, 1.82) is 0 Å². The molecule has 0 unspecified atom stereocenters. The smallest absolute Gasteiger partial charge is 0.287 e. The molecule has 0 fully saturated rings. The highest BCUT2D eigenvalue weighted by atomic mass is 19.1. The molecular weight excluding hydrogens is 415 g/mol. The number of hydrogen-bond donors (Lipinski definition) is 2. The van der Waals surface area contributed by atoms with Crippen molar-refractivity contribution < 1.29 is 18.9 Å². The minimum absolute atomic E-state index is 0.106. The predicted octanol–water partition coefficient (Wildman–Crippen LogP) is 3.66. The van der Waals surface area contributed by atoms with Crippen LogP contribution in [0.15, 0.2) is 89.7 Å². The van der Waals surface area contributed by atoms with Gasteiger partial charge in [0.05, 0.1) is 11.1 Å². The van der Waals surface area contributed by atoms with Crippen LogP contribution in [-0.2, 0) is 4.79 Å². The summed E-state index contributed by atoms with van der Waals surface area (Å²) in [5.41, 5.74) is 3.42. The topological polar surface area (TPSA) is 114 Å². The molecule has 0 saturated heterocycles. The summed E-state index contributed by atoms with van der Waals surface area (Å²) in [6.45, 7) is 0. The van der Waals surface area contributed by atoms with Crippen molar-refractivity contribution >= 4 is 29.8 Å². The molecule has 0 aliphatic heterocycles. The van der Waals surface area contributed by atoms with E-state index in [0.717, 1.165) is 0 Å². The molecule has 0 aromatic heterocycles. The Morgan fingerprint density at radius 3 is 2.16 bits per heavy atom. The first-order chi connectivity index (χ1) is 15.4. The molecule has 9 heteroatoms. The Bertz CT molecular complexity index is 1170. The van der Waals surface area contributed by atoms with Crippen LogP contribution in [0.5, 0.6) is 0 Å². The molecule has 3 aromatic rings. The predicted molar refractivity (Wildman–Crippen MR) is 117 cm³/mol. The van der Waals surface area contributed by atoms with E-state index < -0.39 is 22.6 Å². The summed E-state index contributed by atoms with van der Waals surface area (Å²) in [7, 11) is 0. The number of rotatable bonds is 7. The van der Waals surface area contributed by atoms with Gasteiger partial charge in [0.25, 0.3) is 17.5 Å². The second-order valence-electron chi connectivity index (χ2n) is 6.48. The standard InChI is InChI=1S/C23H17FN4O4/c24-19-10-6-17(7-11-19)15-25-27-23(30)21(26-22(29)18-4-2-1-3-5-18)14-16-8-12-20(13-9-16)28(31)32/h1-15H,(H,26,29)(H,27,30). The van der Waals surface area contributed by atoms with Crippen LogP contribution < -0.4 is 10.7 Å². The molecule has 3 aromatic carbocycles. The van der Waals surface area contributed by atoms with Gasteiger partial charge >= 0.3 is 0 Å². The van der Waals surface area contributed by atoms with Crippen LogP contribution in [-0.4, -0.2) is 23.0 Å². The zero-order valence-electron chi connectivity index (χ0n) is 16.6. The molecule has 0 saturated carbocycles. The monoisotopic (exact) mass is 432 g/mol. The van der Waals surface area contributed by atoms with Crippen molar-refractivity contribution in [2.75, 3.05) is 0 Å². The molecule has 3 rings (SSSR count). The maximum Gasteiger partial charge on any atom is 0.287 e. The van der Waals surface area contributed by atoms with Crippen LogP contribution in [0.2, 0.25) is 0 Å². The summed E-state index contributed by atoms with van der Waals surface area (Å²) >= 11 is 0. The first kappa shape index (κ1) is 22.0. The fourth-order valence-corrected chi connectivity index (χ4v) is 2.58. The largest absolute Gasteiger partial charge is 0.317 e. The number of nitrogens with zero attached hydrogens (tertiary/aromatic N) is 2. The zero-order chi connectivity index (χ0) is 22.9. The van der Waals surface area contributed by atoms with E-state index in [2.05, 4.69) is 15.8 Å². The van der Waals surface area contributed by atoms with Gasteiger partial charge in [-0.1, -0.05) is 30.3 Å². The van der Waals surface area contributed by atoms with Crippen LogP contribution in [0.4, 0.5) is 10.1 Å². The summed E-state index contributed by atoms with van der Waals surface area (Å²) in [5.74, 6) is -1.63. The molecule has 2 amide bonds. The Morgan fingerprint density at radius 2 is 1.53 bits per heavy atom. The highest BCUT2D eigenvalue weighted by molar-refractivity contribution is 6.05. The average Bonchev–Trinajstić information content (AvgIpc) is 2.80. The number of hydrogen-bond acceptors (Lipinski definition) is 5. The highest BCUT2D eigenvalue weighted by Gasteiger charge is 2.14. The third kappa shape index (κ3) is 6.17. The van der Waals surface area contributed by atoms with E-state index in [1.807, 2.05) is 0 Å². The third-order valence-corrected chi connectivity index (χ3v) is 4.19. The molecule has 160 valence electrons. The lowest BCUT2D eigenvalue weighted by atomic mass is 10.1. The summed E-state index contributed by atoms with van der Waals surface area (Å²) in [5, 5.41) is 17.2. The van der Waals surface area contributed by atoms with Crippen molar-refractivity contribution in [3.8, 4) is 0 Å². The normalized spacial score (nSPS) is 11.2. The Kier molecular flexibility index (Phi) is 7.16. The van der Waals surface area contributed by atoms with Crippen LogP contribution in [0, 0.1) is 15.9 Å². The molecule has 0 bridgehead atoms. The fourth-order valence-electron chi connectivity index (χ4n) is 2.58. The van der Waals surface area contributed by atoms with Gasteiger partial charge in [-0.25, -0.2) is 9.82 Å². The van der Waals surface area contributed by atoms with Gasteiger partial charge in [0.2, 0.25) is 0 Å². The lowest BCUT2D eigenvalue weighted by Crippen LogP contribution is -2.32. The van der Waals surface area contributed by atoms with Crippen molar-refractivity contribution in [3.05, 3.63) is 117 Å². The van der Waals surface area contributed by atoms with Crippen molar-refractivity contribution in [1.82, 2.24) is 10.7 Å². The highest BCUT2D eigenvalue weighted by Crippen LogP contribution is 2.14. The Balaban J connectivity index is 1.81. The summed E-state index contributed by atoms with van der Waals surface area (Å²) in [6.07, 6.45) is 2.69. The van der Waals surface area contributed by atoms with E-state index in [4.69, 9.17) is 0 Å². The fraction of sp³-hybridized carbons (Fsp3) is 0. The molecule has 0 heterocycles. The summed E-state index contributed by atoms with van der Waals surface area (Å²) < 4.78 is 13.0. The van der Waals surface area contributed by atoms with Gasteiger partial charge in [-0.2, -0.15) is 5.10 Å². The minimum Gasteiger partial charge on any atom is -0.317 e. The average molecular weight is 432 g/mol. The molecular formula is C23H17FN4O4. The first-order valence-electron chi connectivity index (χ1n) is 9.34. The first-order valence-corrected chi connectivity index (χ1v) is 9.34. The Labute approximate surface area is 182 Å². The number of halogens is 1. The lowest BCUT2D eigenvalue weighted by molar-refractivity contribution is -0.384. The molecule has 2 N–H and O–H groups in total. The van der Waals surface area contributed by atoms with E-state index >= 15 is 0 Å². The molecule has 0 aliphatic rings. The van der Waals surface area contributed by atoms with Gasteiger partial charge in [0, 0.05) is 17.7 Å². The Hall–Kier alpha value is -4.66. The number of nitro benzene ring substituents is 1. The second-order valence-corrected chi connectivity index (χ2v) is 6.48.